The number of amides is 2. The van der Waals surface area contributed by atoms with E-state index in [0.717, 1.165) is 5.69 Å². The van der Waals surface area contributed by atoms with Crippen LogP contribution in [-0.4, -0.2) is 86.9 Å². The number of carbonyl (C=O) groups is 4. The molecule has 0 aromatic heterocycles. The maximum Gasteiger partial charge on any atom is 0.255 e. The van der Waals surface area contributed by atoms with Crippen LogP contribution in [0.5, 0.6) is 0 Å². The fourth-order valence-corrected chi connectivity index (χ4v) is 3.33. The molecule has 2 rings (SSSR count). The third kappa shape index (κ3) is 5.64. The van der Waals surface area contributed by atoms with Crippen LogP contribution in [0.2, 0.25) is 0 Å². The summed E-state index contributed by atoms with van der Waals surface area (Å²) in [6.07, 6.45) is 2.35. The highest BCUT2D eigenvalue weighted by molar-refractivity contribution is 6.03. The highest BCUT2D eigenvalue weighted by Gasteiger charge is 2.30. The van der Waals surface area contributed by atoms with Crippen molar-refractivity contribution >= 4 is 30.1 Å². The first kappa shape index (κ1) is 23.5. The lowest BCUT2D eigenvalue weighted by molar-refractivity contribution is -0.125. The zero-order valence-corrected chi connectivity index (χ0v) is 17.4. The predicted octanol–water partition coefficient (Wildman–Crippen LogP) is 0.252. The van der Waals surface area contributed by atoms with Crippen molar-refractivity contribution in [1.29, 1.82) is 0 Å². The molecule has 0 spiro atoms. The van der Waals surface area contributed by atoms with Gasteiger partial charge >= 0.3 is 0 Å². The van der Waals surface area contributed by atoms with Gasteiger partial charge in [-0.05, 0) is 31.0 Å². The maximum atomic E-state index is 13.0. The number of benzene rings is 1. The molecule has 9 nitrogen and oxygen atoms in total. The van der Waals surface area contributed by atoms with E-state index < -0.39 is 11.9 Å². The summed E-state index contributed by atoms with van der Waals surface area (Å²) in [5.74, 6) is -0.832. The number of aldehydes is 2. The number of aliphatic hydroxyl groups excluding tert-OH is 1. The molecule has 0 aliphatic carbocycles. The number of carbonyl (C=O) groups excluding carboxylic acids is 4. The van der Waals surface area contributed by atoms with Gasteiger partial charge in [0, 0.05) is 58.1 Å². The van der Waals surface area contributed by atoms with Crippen molar-refractivity contribution < 1.29 is 29.0 Å². The van der Waals surface area contributed by atoms with Crippen molar-refractivity contribution in [3.63, 3.8) is 0 Å². The Morgan fingerprint density at radius 1 is 1.37 bits per heavy atom. The third-order valence-corrected chi connectivity index (χ3v) is 5.16. The van der Waals surface area contributed by atoms with Gasteiger partial charge in [0.25, 0.3) is 5.91 Å². The summed E-state index contributed by atoms with van der Waals surface area (Å²) in [5.41, 5.74) is 1.25. The number of hydrogen-bond donors (Lipinski definition) is 2. The van der Waals surface area contributed by atoms with Crippen LogP contribution in [0.25, 0.3) is 0 Å². The van der Waals surface area contributed by atoms with E-state index in [1.807, 2.05) is 4.90 Å². The fourth-order valence-electron chi connectivity index (χ4n) is 3.33. The SMILES string of the molecule is CNC(=O)C(CCC=O)N(C)C(=O)c1ccc(N2CC(OCCCO)C2)cc1C=O. The molecule has 0 radical (unpaired) electrons. The zero-order chi connectivity index (χ0) is 22.1. The van der Waals surface area contributed by atoms with Crippen molar-refractivity contribution in [2.75, 3.05) is 45.3 Å². The number of nitrogens with zero attached hydrogens (tertiary/aromatic N) is 2. The molecule has 1 atom stereocenters. The third-order valence-electron chi connectivity index (χ3n) is 5.16. The summed E-state index contributed by atoms with van der Waals surface area (Å²) < 4.78 is 5.62. The van der Waals surface area contributed by atoms with E-state index in [2.05, 4.69) is 5.32 Å². The Bertz CT molecular complexity index is 763. The minimum Gasteiger partial charge on any atom is -0.396 e. The normalized spacial score (nSPS) is 14.6. The quantitative estimate of drug-likeness (QED) is 0.369. The second-order valence-corrected chi connectivity index (χ2v) is 7.15. The fraction of sp³-hybridized carbons (Fsp3) is 0.524. The molecule has 2 amide bonds. The number of anilines is 1. The molecule has 0 saturated carbocycles. The monoisotopic (exact) mass is 419 g/mol. The van der Waals surface area contributed by atoms with Gasteiger partial charge in [0.15, 0.2) is 6.29 Å². The van der Waals surface area contributed by atoms with E-state index in [9.17, 15) is 19.2 Å². The van der Waals surface area contributed by atoms with E-state index in [1.54, 1.807) is 18.2 Å². The molecule has 0 bridgehead atoms. The molecule has 30 heavy (non-hydrogen) atoms. The van der Waals surface area contributed by atoms with Crippen LogP contribution >= 0.6 is 0 Å². The number of hydrogen-bond acceptors (Lipinski definition) is 7. The molecule has 1 fully saturated rings. The topological polar surface area (TPSA) is 116 Å². The van der Waals surface area contributed by atoms with E-state index in [0.29, 0.717) is 38.7 Å². The van der Waals surface area contributed by atoms with Crippen LogP contribution in [0.15, 0.2) is 18.2 Å². The predicted molar refractivity (Wildman–Crippen MR) is 111 cm³/mol. The van der Waals surface area contributed by atoms with Gasteiger partial charge in [0.1, 0.15) is 12.3 Å². The van der Waals surface area contributed by atoms with Crippen molar-refractivity contribution in [3.8, 4) is 0 Å². The Balaban J connectivity index is 2.10. The molecule has 1 aromatic rings. The molecule has 164 valence electrons. The Hall–Kier alpha value is -2.78. The molecule has 1 saturated heterocycles. The van der Waals surface area contributed by atoms with Gasteiger partial charge < -0.3 is 29.8 Å². The van der Waals surface area contributed by atoms with Gasteiger partial charge in [-0.25, -0.2) is 0 Å². The average molecular weight is 419 g/mol. The number of aliphatic hydroxyl groups is 1. The number of ether oxygens (including phenoxy) is 1. The molecule has 1 unspecified atom stereocenters. The molecule has 1 aromatic carbocycles. The molecule has 2 N–H and O–H groups in total. The second kappa shape index (κ2) is 11.4. The van der Waals surface area contributed by atoms with Crippen molar-refractivity contribution in [3.05, 3.63) is 29.3 Å². The minimum absolute atomic E-state index is 0.0785. The largest absolute Gasteiger partial charge is 0.396 e. The minimum atomic E-state index is -0.806. The molecule has 1 aliphatic heterocycles. The van der Waals surface area contributed by atoms with Crippen LogP contribution in [0.3, 0.4) is 0 Å². The molecular weight excluding hydrogens is 390 g/mol. The van der Waals surface area contributed by atoms with Crippen LogP contribution in [-0.2, 0) is 14.3 Å². The first-order chi connectivity index (χ1) is 14.5. The van der Waals surface area contributed by atoms with Crippen LogP contribution in [0, 0.1) is 0 Å². The van der Waals surface area contributed by atoms with Crippen molar-refractivity contribution in [2.45, 2.75) is 31.4 Å². The Morgan fingerprint density at radius 3 is 2.70 bits per heavy atom. The standard InChI is InChI=1S/C21H29N3O6/c1-22-20(28)19(5-3-8-25)23(2)21(29)18-7-6-16(11-15(18)14-27)24-12-17(13-24)30-10-4-9-26/h6-8,11,14,17,19,26H,3-5,9-10,12-13H2,1-2H3,(H,22,28). The van der Waals surface area contributed by atoms with Gasteiger partial charge in [-0.1, -0.05) is 0 Å². The summed E-state index contributed by atoms with van der Waals surface area (Å²) in [6, 6.07) is 4.19. The average Bonchev–Trinajstić information content (AvgIpc) is 2.74. The van der Waals surface area contributed by atoms with E-state index in [-0.39, 0.29) is 42.6 Å². The maximum absolute atomic E-state index is 13.0. The molecule has 1 heterocycles. The molecular formula is C21H29N3O6. The van der Waals surface area contributed by atoms with E-state index >= 15 is 0 Å². The lowest BCUT2D eigenvalue weighted by Crippen LogP contribution is -2.52. The lowest BCUT2D eigenvalue weighted by Gasteiger charge is -2.41. The van der Waals surface area contributed by atoms with Gasteiger partial charge in [0.2, 0.25) is 5.91 Å². The van der Waals surface area contributed by atoms with E-state index in [4.69, 9.17) is 9.84 Å². The first-order valence-electron chi connectivity index (χ1n) is 9.95. The summed E-state index contributed by atoms with van der Waals surface area (Å²) in [4.78, 5) is 50.7. The summed E-state index contributed by atoms with van der Waals surface area (Å²) in [7, 11) is 2.95. The number of likely N-dealkylation sites (N-methyl/N-ethyl adjacent to an activating group) is 2. The van der Waals surface area contributed by atoms with Crippen LogP contribution in [0.4, 0.5) is 5.69 Å². The highest BCUT2D eigenvalue weighted by Crippen LogP contribution is 2.26. The zero-order valence-electron chi connectivity index (χ0n) is 17.4. The summed E-state index contributed by atoms with van der Waals surface area (Å²) >= 11 is 0. The highest BCUT2D eigenvalue weighted by atomic mass is 16.5. The second-order valence-electron chi connectivity index (χ2n) is 7.15. The van der Waals surface area contributed by atoms with E-state index in [1.165, 1.54) is 19.0 Å². The Morgan fingerprint density at radius 2 is 2.10 bits per heavy atom. The molecule has 1 aliphatic rings. The van der Waals surface area contributed by atoms with Crippen molar-refractivity contribution in [1.82, 2.24) is 10.2 Å². The number of nitrogens with one attached hydrogen (secondary N) is 1. The lowest BCUT2D eigenvalue weighted by atomic mass is 10.0. The van der Waals surface area contributed by atoms with Gasteiger partial charge in [-0.15, -0.1) is 0 Å². The first-order valence-corrected chi connectivity index (χ1v) is 9.95. The van der Waals surface area contributed by atoms with Gasteiger partial charge in [-0.3, -0.25) is 14.4 Å². The summed E-state index contributed by atoms with van der Waals surface area (Å²) in [5, 5.41) is 11.3. The smallest absolute Gasteiger partial charge is 0.255 e. The Labute approximate surface area is 176 Å². The molecule has 9 heteroatoms. The Kier molecular flexibility index (Phi) is 8.94. The van der Waals surface area contributed by atoms with Gasteiger partial charge in [-0.2, -0.15) is 0 Å². The van der Waals surface area contributed by atoms with Crippen molar-refractivity contribution in [2.24, 2.45) is 0 Å². The van der Waals surface area contributed by atoms with Gasteiger partial charge in [0.05, 0.1) is 11.7 Å². The number of rotatable bonds is 12. The summed E-state index contributed by atoms with van der Waals surface area (Å²) in [6.45, 7) is 1.94. The van der Waals surface area contributed by atoms with Crippen LogP contribution in [0.1, 0.15) is 40.0 Å². The van der Waals surface area contributed by atoms with Crippen LogP contribution < -0.4 is 10.2 Å².